The van der Waals surface area contributed by atoms with E-state index < -0.39 is 0 Å². The second-order valence-corrected chi connectivity index (χ2v) is 4.87. The molecule has 1 rings (SSSR count). The van der Waals surface area contributed by atoms with E-state index >= 15 is 0 Å². The van der Waals surface area contributed by atoms with Gasteiger partial charge in [0.15, 0.2) is 0 Å². The van der Waals surface area contributed by atoms with Gasteiger partial charge in [-0.1, -0.05) is 12.5 Å². The number of allylic oxidation sites excluding steroid dienone is 1. The zero-order valence-corrected chi connectivity index (χ0v) is 11.6. The van der Waals surface area contributed by atoms with E-state index in [1.807, 2.05) is 13.8 Å². The Labute approximate surface area is 105 Å². The quantitative estimate of drug-likeness (QED) is 0.713. The highest BCUT2D eigenvalue weighted by molar-refractivity contribution is 5.24. The van der Waals surface area contributed by atoms with Crippen LogP contribution in [0.3, 0.4) is 0 Å². The van der Waals surface area contributed by atoms with E-state index in [1.54, 1.807) is 0 Å². The summed E-state index contributed by atoms with van der Waals surface area (Å²) in [7, 11) is 0. The van der Waals surface area contributed by atoms with Gasteiger partial charge in [-0.2, -0.15) is 0 Å². The summed E-state index contributed by atoms with van der Waals surface area (Å²) in [5, 5.41) is 3.59. The molecule has 1 aromatic heterocycles. The lowest BCUT2D eigenvalue weighted by molar-refractivity contribution is 0.468. The Kier molecular flexibility index (Phi) is 5.49. The molecule has 0 saturated carbocycles. The third-order valence-electron chi connectivity index (χ3n) is 2.96. The van der Waals surface area contributed by atoms with Gasteiger partial charge in [-0.15, -0.1) is 6.58 Å². The maximum Gasteiger partial charge on any atom is 0.105 e. The summed E-state index contributed by atoms with van der Waals surface area (Å²) in [6.07, 6.45) is 3.31. The maximum atomic E-state index is 5.62. The number of aryl methyl sites for hydroxylation is 2. The predicted octanol–water partition coefficient (Wildman–Crippen LogP) is 4.29. The fourth-order valence-corrected chi connectivity index (χ4v) is 2.07. The molecule has 0 spiro atoms. The van der Waals surface area contributed by atoms with Gasteiger partial charge in [0.05, 0.1) is 0 Å². The minimum Gasteiger partial charge on any atom is -0.466 e. The van der Waals surface area contributed by atoms with Crippen LogP contribution < -0.4 is 5.32 Å². The van der Waals surface area contributed by atoms with Gasteiger partial charge in [0, 0.05) is 11.6 Å². The molecule has 96 valence electrons. The number of rotatable bonds is 7. The van der Waals surface area contributed by atoms with Crippen molar-refractivity contribution in [1.29, 1.82) is 0 Å². The zero-order chi connectivity index (χ0) is 12.8. The van der Waals surface area contributed by atoms with Crippen LogP contribution in [-0.4, -0.2) is 6.54 Å². The van der Waals surface area contributed by atoms with Crippen molar-refractivity contribution in [3.63, 3.8) is 0 Å². The highest BCUT2D eigenvalue weighted by Gasteiger charge is 2.16. The van der Waals surface area contributed by atoms with Crippen LogP contribution in [0.2, 0.25) is 0 Å². The minimum absolute atomic E-state index is 0.393. The summed E-state index contributed by atoms with van der Waals surface area (Å²) in [5.74, 6) is 2.04. The van der Waals surface area contributed by atoms with Crippen molar-refractivity contribution in [3.05, 3.63) is 35.3 Å². The lowest BCUT2D eigenvalue weighted by Crippen LogP contribution is -2.22. The first-order valence-corrected chi connectivity index (χ1v) is 6.49. The van der Waals surface area contributed by atoms with E-state index in [0.29, 0.717) is 6.04 Å². The Balaban J connectivity index is 2.74. The van der Waals surface area contributed by atoms with Crippen molar-refractivity contribution in [1.82, 2.24) is 5.32 Å². The second-order valence-electron chi connectivity index (χ2n) is 4.87. The molecule has 0 fully saturated rings. The van der Waals surface area contributed by atoms with Gasteiger partial charge in [-0.25, -0.2) is 0 Å². The Morgan fingerprint density at radius 3 is 2.65 bits per heavy atom. The average molecular weight is 235 g/mol. The third-order valence-corrected chi connectivity index (χ3v) is 2.96. The normalized spacial score (nSPS) is 12.7. The van der Waals surface area contributed by atoms with E-state index in [4.69, 9.17) is 4.42 Å². The van der Waals surface area contributed by atoms with Crippen LogP contribution in [0.25, 0.3) is 0 Å². The zero-order valence-electron chi connectivity index (χ0n) is 11.6. The van der Waals surface area contributed by atoms with Crippen LogP contribution in [0.4, 0.5) is 0 Å². The van der Waals surface area contributed by atoms with Crippen LogP contribution in [0.15, 0.2) is 22.6 Å². The summed E-state index contributed by atoms with van der Waals surface area (Å²) in [4.78, 5) is 0. The molecule has 2 heteroatoms. The summed E-state index contributed by atoms with van der Waals surface area (Å²) in [6, 6.07) is 2.55. The lowest BCUT2D eigenvalue weighted by atomic mass is 10.00. The van der Waals surface area contributed by atoms with Gasteiger partial charge in [0.2, 0.25) is 0 Å². The molecule has 0 aliphatic rings. The minimum atomic E-state index is 0.393. The molecule has 0 aromatic carbocycles. The molecule has 0 radical (unpaired) electrons. The Hall–Kier alpha value is -1.02. The monoisotopic (exact) mass is 235 g/mol. The van der Waals surface area contributed by atoms with Crippen molar-refractivity contribution >= 4 is 0 Å². The number of hydrogen-bond acceptors (Lipinski definition) is 2. The first-order chi connectivity index (χ1) is 8.04. The van der Waals surface area contributed by atoms with Crippen LogP contribution >= 0.6 is 0 Å². The molecular formula is C15H25NO. The molecule has 0 saturated heterocycles. The maximum absolute atomic E-state index is 5.62. The summed E-state index contributed by atoms with van der Waals surface area (Å²) < 4.78 is 5.62. The van der Waals surface area contributed by atoms with Gasteiger partial charge in [0.25, 0.3) is 0 Å². The van der Waals surface area contributed by atoms with Crippen molar-refractivity contribution in [2.45, 2.75) is 53.0 Å². The van der Waals surface area contributed by atoms with Gasteiger partial charge >= 0.3 is 0 Å². The Bertz CT molecular complexity index is 365. The van der Waals surface area contributed by atoms with E-state index in [9.17, 15) is 0 Å². The number of nitrogens with one attached hydrogen (secondary N) is 1. The molecule has 0 aliphatic heterocycles. The highest BCUT2D eigenvalue weighted by Crippen LogP contribution is 2.26. The molecule has 1 heterocycles. The third kappa shape index (κ3) is 4.39. The standard InChI is InChI=1S/C15H25NO/c1-6-9-16-15(8-7-11(2)3)14-10-12(4)17-13(14)5/h10,15-16H,2,6-9H2,1,3-5H3. The van der Waals surface area contributed by atoms with E-state index in [1.165, 1.54) is 11.1 Å². The van der Waals surface area contributed by atoms with Crippen molar-refractivity contribution in [3.8, 4) is 0 Å². The fourth-order valence-electron chi connectivity index (χ4n) is 2.07. The van der Waals surface area contributed by atoms with E-state index in [2.05, 4.69) is 31.8 Å². The Morgan fingerprint density at radius 1 is 1.47 bits per heavy atom. The average Bonchev–Trinajstić information content (AvgIpc) is 2.58. The molecule has 0 amide bonds. The van der Waals surface area contributed by atoms with Crippen LogP contribution in [-0.2, 0) is 0 Å². The first-order valence-electron chi connectivity index (χ1n) is 6.49. The van der Waals surface area contributed by atoms with E-state index in [0.717, 1.165) is 37.3 Å². The SMILES string of the molecule is C=C(C)CCC(NCCC)c1cc(C)oc1C. The predicted molar refractivity (Wildman–Crippen MR) is 73.3 cm³/mol. The molecule has 1 atom stereocenters. The van der Waals surface area contributed by atoms with Gasteiger partial charge in [-0.05, 0) is 52.6 Å². The summed E-state index contributed by atoms with van der Waals surface area (Å²) in [5.41, 5.74) is 2.54. The molecular weight excluding hydrogens is 210 g/mol. The van der Waals surface area contributed by atoms with Gasteiger partial charge < -0.3 is 9.73 Å². The number of hydrogen-bond donors (Lipinski definition) is 1. The molecule has 0 bridgehead atoms. The summed E-state index contributed by atoms with van der Waals surface area (Å²) >= 11 is 0. The van der Waals surface area contributed by atoms with Crippen LogP contribution in [0.5, 0.6) is 0 Å². The highest BCUT2D eigenvalue weighted by atomic mass is 16.3. The Morgan fingerprint density at radius 2 is 2.18 bits per heavy atom. The molecule has 1 aromatic rings. The van der Waals surface area contributed by atoms with Crippen molar-refractivity contribution in [2.75, 3.05) is 6.54 Å². The van der Waals surface area contributed by atoms with Crippen molar-refractivity contribution < 1.29 is 4.42 Å². The molecule has 1 N–H and O–H groups in total. The molecule has 2 nitrogen and oxygen atoms in total. The van der Waals surface area contributed by atoms with Gasteiger partial charge in [-0.3, -0.25) is 0 Å². The number of furan rings is 1. The first kappa shape index (κ1) is 14.0. The molecule has 17 heavy (non-hydrogen) atoms. The largest absolute Gasteiger partial charge is 0.466 e. The van der Waals surface area contributed by atoms with Gasteiger partial charge in [0.1, 0.15) is 11.5 Å². The van der Waals surface area contributed by atoms with Crippen LogP contribution in [0.1, 0.15) is 56.2 Å². The lowest BCUT2D eigenvalue weighted by Gasteiger charge is -2.18. The fraction of sp³-hybridized carbons (Fsp3) is 0.600. The molecule has 0 aliphatic carbocycles. The van der Waals surface area contributed by atoms with E-state index in [-0.39, 0.29) is 0 Å². The van der Waals surface area contributed by atoms with Crippen molar-refractivity contribution in [2.24, 2.45) is 0 Å². The second kappa shape index (κ2) is 6.65. The van der Waals surface area contributed by atoms with Crippen LogP contribution in [0, 0.1) is 13.8 Å². The topological polar surface area (TPSA) is 25.2 Å². The smallest absolute Gasteiger partial charge is 0.105 e. The molecule has 1 unspecified atom stereocenters. The summed E-state index contributed by atoms with van der Waals surface area (Å²) in [6.45, 7) is 13.4.